The highest BCUT2D eigenvalue weighted by Gasteiger charge is 2.39. The van der Waals surface area contributed by atoms with E-state index in [-0.39, 0.29) is 28.6 Å². The largest absolute Gasteiger partial charge is 0.493 e. The average Bonchev–Trinajstić information content (AvgIpc) is 3.54. The third kappa shape index (κ3) is 3.11. The molecule has 33 heavy (non-hydrogen) atoms. The van der Waals surface area contributed by atoms with Crippen LogP contribution in [0.15, 0.2) is 69.4 Å². The van der Waals surface area contributed by atoms with Crippen LogP contribution in [0.5, 0.6) is 17.4 Å². The Balaban J connectivity index is 1.65. The predicted molar refractivity (Wildman–Crippen MR) is 114 cm³/mol. The van der Waals surface area contributed by atoms with Gasteiger partial charge in [-0.2, -0.15) is 0 Å². The molecule has 2 aromatic carbocycles. The van der Waals surface area contributed by atoms with E-state index in [0.29, 0.717) is 22.2 Å². The number of azo groups is 1. The molecule has 10 nitrogen and oxygen atoms in total. The first-order chi connectivity index (χ1) is 16.0. The van der Waals surface area contributed by atoms with Crippen molar-refractivity contribution in [3.8, 4) is 17.4 Å². The fraction of sp³-hybridized carbons (Fsp3) is 0.130. The van der Waals surface area contributed by atoms with Gasteiger partial charge in [0.2, 0.25) is 12.1 Å². The summed E-state index contributed by atoms with van der Waals surface area (Å²) in [6.07, 6.45) is 0.350. The number of benzene rings is 2. The lowest BCUT2D eigenvalue weighted by Gasteiger charge is -2.16. The zero-order valence-electron chi connectivity index (χ0n) is 17.5. The fourth-order valence-corrected chi connectivity index (χ4v) is 3.89. The number of carbonyl (C=O) groups is 2. The number of nitrogens with zero attached hydrogens (tertiary/aromatic N) is 3. The number of aromatic hydroxyl groups is 1. The Kier molecular flexibility index (Phi) is 4.82. The summed E-state index contributed by atoms with van der Waals surface area (Å²) in [6.45, 7) is 0. The second kappa shape index (κ2) is 7.83. The maximum Gasteiger partial charge on any atom is 0.344 e. The summed E-state index contributed by atoms with van der Waals surface area (Å²) in [5.41, 5.74) is 1.25. The number of hydrogen-bond donors (Lipinski definition) is 1. The third-order valence-electron chi connectivity index (χ3n) is 5.33. The normalized spacial score (nSPS) is 15.1. The molecular formula is C23H17N3O7. The van der Waals surface area contributed by atoms with Crippen LogP contribution in [0, 0.1) is 0 Å². The number of ether oxygens (including phenoxy) is 3. The maximum atomic E-state index is 12.7. The number of rotatable bonds is 5. The monoisotopic (exact) mass is 447 g/mol. The summed E-state index contributed by atoms with van der Waals surface area (Å²) in [7, 11) is 2.89. The Hall–Kier alpha value is -4.60. The van der Waals surface area contributed by atoms with Crippen LogP contribution in [0.3, 0.4) is 0 Å². The minimum absolute atomic E-state index is 0.0154. The highest BCUT2D eigenvalue weighted by Crippen LogP contribution is 2.48. The van der Waals surface area contributed by atoms with Crippen LogP contribution in [0.2, 0.25) is 0 Å². The van der Waals surface area contributed by atoms with E-state index in [1.54, 1.807) is 42.5 Å². The lowest BCUT2D eigenvalue weighted by atomic mass is 10.1. The molecule has 1 aliphatic heterocycles. The number of para-hydroxylation sites is 1. The first kappa shape index (κ1) is 20.3. The first-order valence-electron chi connectivity index (χ1n) is 9.82. The Morgan fingerprint density at radius 2 is 1.91 bits per heavy atom. The molecule has 4 aromatic rings. The molecule has 1 amide bonds. The zero-order valence-corrected chi connectivity index (χ0v) is 17.5. The lowest BCUT2D eigenvalue weighted by molar-refractivity contribution is 0.0316. The van der Waals surface area contributed by atoms with Crippen molar-refractivity contribution in [1.29, 1.82) is 0 Å². The highest BCUT2D eigenvalue weighted by molar-refractivity contribution is 6.00. The summed E-state index contributed by atoms with van der Waals surface area (Å²) in [5, 5.41) is 19.2. The van der Waals surface area contributed by atoms with E-state index in [2.05, 4.69) is 10.2 Å². The lowest BCUT2D eigenvalue weighted by Crippen LogP contribution is -2.09. The maximum absolute atomic E-state index is 12.7. The minimum Gasteiger partial charge on any atom is -0.493 e. The fourth-order valence-electron chi connectivity index (χ4n) is 3.89. The van der Waals surface area contributed by atoms with Crippen molar-refractivity contribution >= 4 is 28.5 Å². The molecule has 0 fully saturated rings. The topological polar surface area (TPSA) is 125 Å². The van der Waals surface area contributed by atoms with Gasteiger partial charge in [-0.05, 0) is 30.3 Å². The van der Waals surface area contributed by atoms with E-state index in [1.807, 2.05) is 0 Å². The van der Waals surface area contributed by atoms with Crippen molar-refractivity contribution in [2.75, 3.05) is 14.2 Å². The molecule has 10 heteroatoms. The van der Waals surface area contributed by atoms with Gasteiger partial charge in [0, 0.05) is 10.9 Å². The molecule has 0 aliphatic carbocycles. The van der Waals surface area contributed by atoms with Gasteiger partial charge in [0.25, 0.3) is 0 Å². The van der Waals surface area contributed by atoms with E-state index in [4.69, 9.17) is 18.6 Å². The van der Waals surface area contributed by atoms with Gasteiger partial charge in [-0.1, -0.05) is 18.2 Å². The van der Waals surface area contributed by atoms with Gasteiger partial charge >= 0.3 is 11.9 Å². The SMILES string of the molecule is COc1ccc2c(c1OC)C(=O)O[C@H]2n1c(O)c(N=NC(=O)c2ccco2)c2ccccc21. The van der Waals surface area contributed by atoms with Gasteiger partial charge in [-0.25, -0.2) is 4.79 Å². The Morgan fingerprint density at radius 1 is 1.09 bits per heavy atom. The van der Waals surface area contributed by atoms with Gasteiger partial charge in [0.15, 0.2) is 22.9 Å². The standard InChI is InChI=1S/C23H17N3O7/c1-30-15-10-9-13-17(19(15)31-2)23(29)33-22(13)26-14-7-4-3-6-12(14)18(21(26)28)24-25-20(27)16-8-5-11-32-16/h3-11,22,28H,1-2H3/t22-/m1/s1. The van der Waals surface area contributed by atoms with Crippen LogP contribution < -0.4 is 9.47 Å². The molecule has 1 aliphatic rings. The second-order valence-corrected chi connectivity index (χ2v) is 7.06. The van der Waals surface area contributed by atoms with Crippen molar-refractivity contribution < 1.29 is 33.3 Å². The van der Waals surface area contributed by atoms with E-state index in [9.17, 15) is 14.7 Å². The molecule has 5 rings (SSSR count). The van der Waals surface area contributed by atoms with Crippen molar-refractivity contribution in [1.82, 2.24) is 4.57 Å². The van der Waals surface area contributed by atoms with E-state index >= 15 is 0 Å². The summed E-state index contributed by atoms with van der Waals surface area (Å²) >= 11 is 0. The first-order valence-corrected chi connectivity index (χ1v) is 9.82. The molecule has 0 spiro atoms. The number of amides is 1. The molecule has 3 heterocycles. The molecule has 0 radical (unpaired) electrons. The van der Waals surface area contributed by atoms with Gasteiger partial charge in [-0.15, -0.1) is 10.2 Å². The Morgan fingerprint density at radius 3 is 2.64 bits per heavy atom. The van der Waals surface area contributed by atoms with Crippen molar-refractivity contribution in [2.24, 2.45) is 10.2 Å². The molecule has 1 atom stereocenters. The van der Waals surface area contributed by atoms with Crippen LogP contribution in [0.1, 0.15) is 32.7 Å². The Bertz CT molecular complexity index is 1420. The summed E-state index contributed by atoms with van der Waals surface area (Å²) in [5.74, 6) is -1.03. The van der Waals surface area contributed by atoms with Crippen molar-refractivity contribution in [3.05, 3.63) is 71.7 Å². The van der Waals surface area contributed by atoms with E-state index in [0.717, 1.165) is 0 Å². The summed E-state index contributed by atoms with van der Waals surface area (Å²) in [4.78, 5) is 24.9. The van der Waals surface area contributed by atoms with Crippen molar-refractivity contribution in [3.63, 3.8) is 0 Å². The molecule has 166 valence electrons. The number of esters is 1. The number of aromatic nitrogens is 1. The molecule has 0 saturated heterocycles. The minimum atomic E-state index is -0.998. The number of hydrogen-bond acceptors (Lipinski definition) is 8. The van der Waals surface area contributed by atoms with Crippen LogP contribution >= 0.6 is 0 Å². The molecule has 1 N–H and O–H groups in total. The number of furan rings is 1. The van der Waals surface area contributed by atoms with Gasteiger partial charge in [-0.3, -0.25) is 9.36 Å². The van der Waals surface area contributed by atoms with E-state index in [1.165, 1.54) is 31.1 Å². The van der Waals surface area contributed by atoms with Gasteiger partial charge in [0.05, 0.1) is 26.0 Å². The van der Waals surface area contributed by atoms with Crippen LogP contribution in [-0.2, 0) is 4.74 Å². The van der Waals surface area contributed by atoms with Crippen LogP contribution in [-0.4, -0.2) is 35.8 Å². The molecule has 0 bridgehead atoms. The summed E-state index contributed by atoms with van der Waals surface area (Å²) < 4.78 is 22.7. The van der Waals surface area contributed by atoms with E-state index < -0.39 is 18.1 Å². The van der Waals surface area contributed by atoms with Gasteiger partial charge < -0.3 is 23.7 Å². The molecule has 0 unspecified atom stereocenters. The number of carbonyl (C=O) groups excluding carboxylic acids is 2. The highest BCUT2D eigenvalue weighted by atomic mass is 16.6. The predicted octanol–water partition coefficient (Wildman–Crippen LogP) is 4.60. The van der Waals surface area contributed by atoms with Crippen molar-refractivity contribution in [2.45, 2.75) is 6.23 Å². The zero-order chi connectivity index (χ0) is 23.1. The number of methoxy groups -OCH3 is 2. The molecule has 0 saturated carbocycles. The number of cyclic esters (lactones) is 1. The van der Waals surface area contributed by atoms with Crippen LogP contribution in [0.4, 0.5) is 5.69 Å². The molecule has 2 aromatic heterocycles. The molecular weight excluding hydrogens is 430 g/mol. The van der Waals surface area contributed by atoms with Crippen LogP contribution in [0.25, 0.3) is 10.9 Å². The third-order valence-corrected chi connectivity index (χ3v) is 5.33. The van der Waals surface area contributed by atoms with Gasteiger partial charge in [0.1, 0.15) is 5.56 Å². The quantitative estimate of drug-likeness (QED) is 0.350. The Labute approximate surface area is 186 Å². The summed E-state index contributed by atoms with van der Waals surface area (Å²) in [6, 6.07) is 13.3. The second-order valence-electron chi connectivity index (χ2n) is 7.06. The number of fused-ring (bicyclic) bond motifs is 2. The average molecular weight is 447 g/mol. The smallest absolute Gasteiger partial charge is 0.344 e.